The van der Waals surface area contributed by atoms with Crippen LogP contribution >= 0.6 is 0 Å². The molecule has 2 heterocycles. The molecular weight excluding hydrogens is 286 g/mol. The van der Waals surface area contributed by atoms with E-state index in [1.165, 1.54) is 36.6 Å². The Morgan fingerprint density at radius 3 is 2.74 bits per heavy atom. The van der Waals surface area contributed by atoms with Gasteiger partial charge in [0, 0.05) is 23.6 Å². The second-order valence-electron chi connectivity index (χ2n) is 6.53. The van der Waals surface area contributed by atoms with Gasteiger partial charge in [0.25, 0.3) is 0 Å². The number of nitrogens with one attached hydrogen (secondary N) is 2. The fourth-order valence-electron chi connectivity index (χ4n) is 3.45. The van der Waals surface area contributed by atoms with Crippen LogP contribution in [0.2, 0.25) is 0 Å². The normalized spacial score (nSPS) is 17.8. The molecule has 0 saturated carbocycles. The second-order valence-corrected chi connectivity index (χ2v) is 6.53. The average molecular weight is 313 g/mol. The van der Waals surface area contributed by atoms with Crippen molar-refractivity contribution in [2.75, 3.05) is 19.6 Å². The third-order valence-corrected chi connectivity index (χ3v) is 4.94. The van der Waals surface area contributed by atoms with Gasteiger partial charge in [-0.3, -0.25) is 9.69 Å². The number of fused-ring (bicyclic) bond motifs is 1. The van der Waals surface area contributed by atoms with E-state index in [1.807, 2.05) is 13.0 Å². The van der Waals surface area contributed by atoms with Crippen LogP contribution in [-0.4, -0.2) is 41.5 Å². The average Bonchev–Trinajstić information content (AvgIpc) is 2.80. The fraction of sp³-hybridized carbons (Fsp3) is 0.526. The molecule has 1 atom stereocenters. The van der Waals surface area contributed by atoms with E-state index in [4.69, 9.17) is 0 Å². The predicted octanol–water partition coefficient (Wildman–Crippen LogP) is 3.09. The smallest absolute Gasteiger partial charge is 0.237 e. The lowest BCUT2D eigenvalue weighted by molar-refractivity contribution is -0.125. The number of carbonyl (C=O) groups excluding carboxylic acids is 1. The van der Waals surface area contributed by atoms with Gasteiger partial charge in [0.1, 0.15) is 0 Å². The van der Waals surface area contributed by atoms with E-state index in [9.17, 15) is 4.79 Å². The predicted molar refractivity (Wildman–Crippen MR) is 94.5 cm³/mol. The summed E-state index contributed by atoms with van der Waals surface area (Å²) in [6.45, 7) is 4.83. The van der Waals surface area contributed by atoms with Crippen molar-refractivity contribution in [2.45, 2.75) is 45.1 Å². The number of aromatic nitrogens is 1. The standard InChI is InChI=1S/C19H27N3O/c1-15(22-12-6-2-3-7-13-22)19(23)20-11-10-16-14-21-18-9-5-4-8-17(16)18/h4-5,8-9,14-15,21H,2-3,6-7,10-13H2,1H3,(H,20,23)/t15-/m1/s1. The van der Waals surface area contributed by atoms with Gasteiger partial charge in [0.05, 0.1) is 6.04 Å². The Kier molecular flexibility index (Phi) is 5.34. The second kappa shape index (κ2) is 7.64. The van der Waals surface area contributed by atoms with E-state index in [1.54, 1.807) is 0 Å². The highest BCUT2D eigenvalue weighted by molar-refractivity contribution is 5.83. The minimum absolute atomic E-state index is 0.0175. The molecule has 1 amide bonds. The lowest BCUT2D eigenvalue weighted by atomic mass is 10.1. The van der Waals surface area contributed by atoms with Gasteiger partial charge in [-0.1, -0.05) is 31.0 Å². The number of hydrogen-bond donors (Lipinski definition) is 2. The molecule has 0 unspecified atom stereocenters. The van der Waals surface area contributed by atoms with Crippen LogP contribution in [0.15, 0.2) is 30.5 Å². The molecule has 2 N–H and O–H groups in total. The highest BCUT2D eigenvalue weighted by atomic mass is 16.2. The molecule has 1 aliphatic heterocycles. The van der Waals surface area contributed by atoms with Crippen molar-refractivity contribution < 1.29 is 4.79 Å². The minimum Gasteiger partial charge on any atom is -0.361 e. The van der Waals surface area contributed by atoms with Crippen LogP contribution < -0.4 is 5.32 Å². The maximum absolute atomic E-state index is 12.4. The van der Waals surface area contributed by atoms with E-state index < -0.39 is 0 Å². The number of carbonyl (C=O) groups is 1. The van der Waals surface area contributed by atoms with Gasteiger partial charge < -0.3 is 10.3 Å². The molecule has 1 fully saturated rings. The largest absolute Gasteiger partial charge is 0.361 e. The van der Waals surface area contributed by atoms with Crippen LogP contribution in [0.4, 0.5) is 0 Å². The van der Waals surface area contributed by atoms with Crippen LogP contribution in [0.5, 0.6) is 0 Å². The van der Waals surface area contributed by atoms with E-state index in [2.05, 4.69) is 39.6 Å². The number of likely N-dealkylation sites (tertiary alicyclic amines) is 1. The van der Waals surface area contributed by atoms with Crippen molar-refractivity contribution in [3.05, 3.63) is 36.0 Å². The fourth-order valence-corrected chi connectivity index (χ4v) is 3.45. The maximum atomic E-state index is 12.4. The Labute approximate surface area is 138 Å². The van der Waals surface area contributed by atoms with Gasteiger partial charge in [0.15, 0.2) is 0 Å². The number of rotatable bonds is 5. The first kappa shape index (κ1) is 16.1. The van der Waals surface area contributed by atoms with Gasteiger partial charge in [-0.2, -0.15) is 0 Å². The molecule has 1 aromatic carbocycles. The summed E-state index contributed by atoms with van der Waals surface area (Å²) >= 11 is 0. The monoisotopic (exact) mass is 313 g/mol. The molecule has 1 aliphatic rings. The Morgan fingerprint density at radius 1 is 1.22 bits per heavy atom. The van der Waals surface area contributed by atoms with Crippen LogP contribution in [0, 0.1) is 0 Å². The Balaban J connectivity index is 1.50. The summed E-state index contributed by atoms with van der Waals surface area (Å²) in [5.74, 6) is 0.159. The highest BCUT2D eigenvalue weighted by Gasteiger charge is 2.21. The van der Waals surface area contributed by atoms with Crippen molar-refractivity contribution in [2.24, 2.45) is 0 Å². The zero-order valence-electron chi connectivity index (χ0n) is 14.0. The quantitative estimate of drug-likeness (QED) is 0.891. The van der Waals surface area contributed by atoms with E-state index >= 15 is 0 Å². The topological polar surface area (TPSA) is 48.1 Å². The number of aromatic amines is 1. The summed E-state index contributed by atoms with van der Waals surface area (Å²) < 4.78 is 0. The van der Waals surface area contributed by atoms with Crippen molar-refractivity contribution in [3.63, 3.8) is 0 Å². The van der Waals surface area contributed by atoms with Crippen LogP contribution in [-0.2, 0) is 11.2 Å². The first-order valence-corrected chi connectivity index (χ1v) is 8.82. The number of hydrogen-bond acceptors (Lipinski definition) is 2. The molecule has 0 bridgehead atoms. The summed E-state index contributed by atoms with van der Waals surface area (Å²) in [5.41, 5.74) is 2.43. The lowest BCUT2D eigenvalue weighted by Crippen LogP contribution is -2.46. The molecule has 0 radical (unpaired) electrons. The third kappa shape index (κ3) is 3.94. The molecule has 4 nitrogen and oxygen atoms in total. The molecule has 3 rings (SSSR count). The van der Waals surface area contributed by atoms with Crippen molar-refractivity contribution in [3.8, 4) is 0 Å². The van der Waals surface area contributed by atoms with Crippen molar-refractivity contribution in [1.82, 2.24) is 15.2 Å². The zero-order valence-corrected chi connectivity index (χ0v) is 14.0. The van der Waals surface area contributed by atoms with Gasteiger partial charge in [-0.25, -0.2) is 0 Å². The van der Waals surface area contributed by atoms with Gasteiger partial charge in [0.2, 0.25) is 5.91 Å². The summed E-state index contributed by atoms with van der Waals surface area (Å²) in [7, 11) is 0. The van der Waals surface area contributed by atoms with Crippen LogP contribution in [0.1, 0.15) is 38.2 Å². The summed E-state index contributed by atoms with van der Waals surface area (Å²) in [6, 6.07) is 8.28. The van der Waals surface area contributed by atoms with E-state index in [-0.39, 0.29) is 11.9 Å². The summed E-state index contributed by atoms with van der Waals surface area (Å²) in [4.78, 5) is 18.0. The molecule has 23 heavy (non-hydrogen) atoms. The molecule has 1 saturated heterocycles. The molecule has 0 aliphatic carbocycles. The Hall–Kier alpha value is -1.81. The molecule has 124 valence electrons. The van der Waals surface area contributed by atoms with Crippen LogP contribution in [0.25, 0.3) is 10.9 Å². The van der Waals surface area contributed by atoms with Crippen molar-refractivity contribution in [1.29, 1.82) is 0 Å². The molecular formula is C19H27N3O. The van der Waals surface area contributed by atoms with E-state index in [0.717, 1.165) is 25.0 Å². The number of para-hydroxylation sites is 1. The summed E-state index contributed by atoms with van der Waals surface area (Å²) in [5, 5.41) is 4.36. The van der Waals surface area contributed by atoms with Gasteiger partial charge in [-0.15, -0.1) is 0 Å². The van der Waals surface area contributed by atoms with Gasteiger partial charge in [-0.05, 0) is 50.9 Å². The SMILES string of the molecule is C[C@H](C(=O)NCCc1c[nH]c2ccccc12)N1CCCCCC1. The third-order valence-electron chi connectivity index (χ3n) is 4.94. The molecule has 2 aromatic rings. The van der Waals surface area contributed by atoms with Gasteiger partial charge >= 0.3 is 0 Å². The number of H-pyrrole nitrogens is 1. The van der Waals surface area contributed by atoms with Crippen molar-refractivity contribution >= 4 is 16.8 Å². The zero-order chi connectivity index (χ0) is 16.1. The minimum atomic E-state index is -0.0175. The Bertz CT molecular complexity index is 641. The number of benzene rings is 1. The summed E-state index contributed by atoms with van der Waals surface area (Å²) in [6.07, 6.45) is 7.94. The first-order chi connectivity index (χ1) is 11.3. The van der Waals surface area contributed by atoms with Crippen LogP contribution in [0.3, 0.4) is 0 Å². The lowest BCUT2D eigenvalue weighted by Gasteiger charge is -2.26. The molecule has 4 heteroatoms. The number of amides is 1. The Morgan fingerprint density at radius 2 is 1.96 bits per heavy atom. The molecule has 0 spiro atoms. The highest BCUT2D eigenvalue weighted by Crippen LogP contribution is 2.17. The maximum Gasteiger partial charge on any atom is 0.237 e. The molecule has 1 aromatic heterocycles. The first-order valence-electron chi connectivity index (χ1n) is 8.82. The van der Waals surface area contributed by atoms with E-state index in [0.29, 0.717) is 6.54 Å². The number of nitrogens with zero attached hydrogens (tertiary/aromatic N) is 1.